The quantitative estimate of drug-likeness (QED) is 0.683. The predicted molar refractivity (Wildman–Crippen MR) is 43.2 cm³/mol. The highest BCUT2D eigenvalue weighted by Gasteiger charge is 2.07. The molecule has 0 fully saturated rings. The molecule has 0 amide bonds. The van der Waals surface area contributed by atoms with Gasteiger partial charge in [0.15, 0.2) is 0 Å². The van der Waals surface area contributed by atoms with Crippen LogP contribution in [0.15, 0.2) is 0 Å². The number of aliphatic hydroxyl groups excluding tert-OH is 1. The van der Waals surface area contributed by atoms with E-state index in [1.807, 2.05) is 18.5 Å². The maximum atomic E-state index is 8.95. The zero-order valence-corrected chi connectivity index (χ0v) is 7.26. The van der Waals surface area contributed by atoms with Crippen molar-refractivity contribution in [1.29, 1.82) is 0 Å². The second kappa shape index (κ2) is 3.05. The highest BCUT2D eigenvalue weighted by atomic mass is 16.3. The SMILES string of the molecule is CCc1nc(C)c(CO)n1C. The van der Waals surface area contributed by atoms with Gasteiger partial charge in [-0.05, 0) is 6.92 Å². The first-order valence-electron chi connectivity index (χ1n) is 3.82. The molecule has 0 spiro atoms. The van der Waals surface area contributed by atoms with Crippen LogP contribution in [0, 0.1) is 6.92 Å². The molecule has 1 aromatic heterocycles. The van der Waals surface area contributed by atoms with Crippen LogP contribution in [0.3, 0.4) is 0 Å². The fraction of sp³-hybridized carbons (Fsp3) is 0.625. The summed E-state index contributed by atoms with van der Waals surface area (Å²) in [5, 5.41) is 8.95. The molecule has 0 atom stereocenters. The van der Waals surface area contributed by atoms with Crippen LogP contribution in [0.4, 0.5) is 0 Å². The largest absolute Gasteiger partial charge is 0.390 e. The van der Waals surface area contributed by atoms with E-state index >= 15 is 0 Å². The molecule has 0 bridgehead atoms. The zero-order chi connectivity index (χ0) is 8.43. The van der Waals surface area contributed by atoms with Crippen LogP contribution in [0.1, 0.15) is 24.1 Å². The monoisotopic (exact) mass is 154 g/mol. The molecule has 62 valence electrons. The lowest BCUT2D eigenvalue weighted by Gasteiger charge is -2.00. The molecule has 11 heavy (non-hydrogen) atoms. The van der Waals surface area contributed by atoms with Crippen molar-refractivity contribution in [3.8, 4) is 0 Å². The summed E-state index contributed by atoms with van der Waals surface area (Å²) in [5.74, 6) is 1.03. The summed E-state index contributed by atoms with van der Waals surface area (Å²) in [7, 11) is 1.93. The van der Waals surface area contributed by atoms with Crippen molar-refractivity contribution in [3.05, 3.63) is 17.2 Å². The van der Waals surface area contributed by atoms with Gasteiger partial charge in [-0.3, -0.25) is 0 Å². The molecule has 0 aliphatic rings. The number of rotatable bonds is 2. The first-order valence-corrected chi connectivity index (χ1v) is 3.82. The Kier molecular flexibility index (Phi) is 2.29. The second-order valence-corrected chi connectivity index (χ2v) is 2.63. The van der Waals surface area contributed by atoms with E-state index in [4.69, 9.17) is 5.11 Å². The smallest absolute Gasteiger partial charge is 0.108 e. The summed E-state index contributed by atoms with van der Waals surface area (Å²) < 4.78 is 1.95. The average Bonchev–Trinajstić information content (AvgIpc) is 2.26. The summed E-state index contributed by atoms with van der Waals surface area (Å²) in [6, 6.07) is 0. The minimum atomic E-state index is 0.0787. The number of aliphatic hydroxyl groups is 1. The van der Waals surface area contributed by atoms with Crippen LogP contribution in [0.2, 0.25) is 0 Å². The Morgan fingerprint density at radius 3 is 2.45 bits per heavy atom. The highest BCUT2D eigenvalue weighted by molar-refractivity contribution is 5.14. The van der Waals surface area contributed by atoms with Crippen LogP contribution >= 0.6 is 0 Å². The molecule has 3 heteroatoms. The van der Waals surface area contributed by atoms with E-state index in [1.54, 1.807) is 0 Å². The first kappa shape index (κ1) is 8.27. The molecular formula is C8H14N2O. The van der Waals surface area contributed by atoms with Gasteiger partial charge in [-0.1, -0.05) is 6.92 Å². The number of imidazole rings is 1. The summed E-state index contributed by atoms with van der Waals surface area (Å²) >= 11 is 0. The highest BCUT2D eigenvalue weighted by Crippen LogP contribution is 2.09. The Morgan fingerprint density at radius 2 is 2.18 bits per heavy atom. The zero-order valence-electron chi connectivity index (χ0n) is 7.26. The summed E-state index contributed by atoms with van der Waals surface area (Å²) in [6.07, 6.45) is 0.914. The van der Waals surface area contributed by atoms with Gasteiger partial charge in [0.2, 0.25) is 0 Å². The molecule has 1 N–H and O–H groups in total. The van der Waals surface area contributed by atoms with Crippen LogP contribution in [-0.4, -0.2) is 14.7 Å². The van der Waals surface area contributed by atoms with Gasteiger partial charge < -0.3 is 9.67 Å². The van der Waals surface area contributed by atoms with E-state index in [2.05, 4.69) is 11.9 Å². The molecule has 1 rings (SSSR count). The van der Waals surface area contributed by atoms with Crippen LogP contribution in [-0.2, 0) is 20.1 Å². The van der Waals surface area contributed by atoms with Crippen LogP contribution < -0.4 is 0 Å². The van der Waals surface area contributed by atoms with Gasteiger partial charge in [0.25, 0.3) is 0 Å². The molecule has 0 aliphatic heterocycles. The van der Waals surface area contributed by atoms with E-state index < -0.39 is 0 Å². The van der Waals surface area contributed by atoms with E-state index in [1.165, 1.54) is 0 Å². The number of hydrogen-bond acceptors (Lipinski definition) is 2. The molecule has 0 aliphatic carbocycles. The van der Waals surface area contributed by atoms with E-state index in [-0.39, 0.29) is 6.61 Å². The molecular weight excluding hydrogens is 140 g/mol. The van der Waals surface area contributed by atoms with Crippen molar-refractivity contribution in [2.75, 3.05) is 0 Å². The summed E-state index contributed by atoms with van der Waals surface area (Å²) in [6.45, 7) is 4.06. The van der Waals surface area contributed by atoms with Gasteiger partial charge >= 0.3 is 0 Å². The third-order valence-corrected chi connectivity index (χ3v) is 1.97. The second-order valence-electron chi connectivity index (χ2n) is 2.63. The Bertz CT molecular complexity index is 253. The Morgan fingerprint density at radius 1 is 1.55 bits per heavy atom. The minimum Gasteiger partial charge on any atom is -0.390 e. The lowest BCUT2D eigenvalue weighted by Crippen LogP contribution is -2.00. The predicted octanol–water partition coefficient (Wildman–Crippen LogP) is 0.783. The molecule has 0 unspecified atom stereocenters. The van der Waals surface area contributed by atoms with Crippen LogP contribution in [0.25, 0.3) is 0 Å². The number of aryl methyl sites for hydroxylation is 2. The molecule has 1 heterocycles. The topological polar surface area (TPSA) is 38.1 Å². The average molecular weight is 154 g/mol. The van der Waals surface area contributed by atoms with Crippen LogP contribution in [0.5, 0.6) is 0 Å². The van der Waals surface area contributed by atoms with Crippen molar-refractivity contribution in [3.63, 3.8) is 0 Å². The molecule has 1 aromatic rings. The maximum Gasteiger partial charge on any atom is 0.108 e. The third-order valence-electron chi connectivity index (χ3n) is 1.97. The molecule has 0 radical (unpaired) electrons. The standard InChI is InChI=1S/C8H14N2O/c1-4-8-9-6(2)7(5-11)10(8)3/h11H,4-5H2,1-3H3. The van der Waals surface area contributed by atoms with E-state index in [0.29, 0.717) is 0 Å². The van der Waals surface area contributed by atoms with Crippen molar-refractivity contribution in [2.24, 2.45) is 7.05 Å². The number of nitrogens with zero attached hydrogens (tertiary/aromatic N) is 2. The van der Waals surface area contributed by atoms with Gasteiger partial charge in [-0.15, -0.1) is 0 Å². The summed E-state index contributed by atoms with van der Waals surface area (Å²) in [5.41, 5.74) is 1.86. The number of aromatic nitrogens is 2. The van der Waals surface area contributed by atoms with Crippen molar-refractivity contribution < 1.29 is 5.11 Å². The molecule has 0 saturated carbocycles. The maximum absolute atomic E-state index is 8.95. The molecule has 0 saturated heterocycles. The normalized spacial score (nSPS) is 10.5. The number of hydrogen-bond donors (Lipinski definition) is 1. The van der Waals surface area contributed by atoms with E-state index in [0.717, 1.165) is 23.6 Å². The first-order chi connectivity index (χ1) is 5.20. The van der Waals surface area contributed by atoms with Crippen molar-refractivity contribution in [2.45, 2.75) is 26.9 Å². The third kappa shape index (κ3) is 1.28. The summed E-state index contributed by atoms with van der Waals surface area (Å²) in [4.78, 5) is 4.30. The lowest BCUT2D eigenvalue weighted by atomic mass is 10.4. The van der Waals surface area contributed by atoms with Gasteiger partial charge in [-0.25, -0.2) is 4.98 Å². The van der Waals surface area contributed by atoms with E-state index in [9.17, 15) is 0 Å². The van der Waals surface area contributed by atoms with Crippen molar-refractivity contribution >= 4 is 0 Å². The molecule has 0 aromatic carbocycles. The lowest BCUT2D eigenvalue weighted by molar-refractivity contribution is 0.271. The Hall–Kier alpha value is -0.830. The Balaban J connectivity index is 3.14. The molecule has 3 nitrogen and oxygen atoms in total. The van der Waals surface area contributed by atoms with Crippen molar-refractivity contribution in [1.82, 2.24) is 9.55 Å². The van der Waals surface area contributed by atoms with Gasteiger partial charge in [-0.2, -0.15) is 0 Å². The Labute approximate surface area is 66.7 Å². The van der Waals surface area contributed by atoms with Gasteiger partial charge in [0.05, 0.1) is 18.0 Å². The fourth-order valence-corrected chi connectivity index (χ4v) is 1.27. The fourth-order valence-electron chi connectivity index (χ4n) is 1.27. The van der Waals surface area contributed by atoms with Gasteiger partial charge in [0, 0.05) is 13.5 Å². The minimum absolute atomic E-state index is 0.0787. The van der Waals surface area contributed by atoms with Gasteiger partial charge in [0.1, 0.15) is 5.82 Å².